The summed E-state index contributed by atoms with van der Waals surface area (Å²) >= 11 is 0. The van der Waals surface area contributed by atoms with Crippen molar-refractivity contribution in [1.29, 1.82) is 0 Å². The Labute approximate surface area is 157 Å². The van der Waals surface area contributed by atoms with Gasteiger partial charge in [-0.3, -0.25) is 9.69 Å². The molecule has 2 aromatic carbocycles. The maximum absolute atomic E-state index is 12.7. The summed E-state index contributed by atoms with van der Waals surface area (Å²) in [6.07, 6.45) is 1.86. The lowest BCUT2D eigenvalue weighted by Gasteiger charge is -2.31. The third-order valence-electron chi connectivity index (χ3n) is 5.33. The lowest BCUT2D eigenvalue weighted by Crippen LogP contribution is -2.37. The Morgan fingerprint density at radius 2 is 1.73 bits per heavy atom. The smallest absolute Gasteiger partial charge is 0.227 e. The van der Waals surface area contributed by atoms with E-state index in [9.17, 15) is 4.79 Å². The average molecular weight is 351 g/mol. The number of hydrogen-bond acceptors (Lipinski definition) is 2. The zero-order valence-electron chi connectivity index (χ0n) is 16.2. The van der Waals surface area contributed by atoms with Crippen molar-refractivity contribution in [2.75, 3.05) is 18.4 Å². The quantitative estimate of drug-likeness (QED) is 0.826. The Bertz CT molecular complexity index is 728. The van der Waals surface area contributed by atoms with E-state index < -0.39 is 0 Å². The van der Waals surface area contributed by atoms with Gasteiger partial charge in [0.15, 0.2) is 0 Å². The van der Waals surface area contributed by atoms with Crippen LogP contribution in [0.15, 0.2) is 48.5 Å². The molecule has 0 unspecified atom stereocenters. The van der Waals surface area contributed by atoms with Crippen LogP contribution in [0.2, 0.25) is 0 Å². The summed E-state index contributed by atoms with van der Waals surface area (Å²) in [4.78, 5) is 15.2. The van der Waals surface area contributed by atoms with Crippen LogP contribution in [0, 0.1) is 12.8 Å². The summed E-state index contributed by atoms with van der Waals surface area (Å²) in [5, 5.41) is 3.17. The fourth-order valence-electron chi connectivity index (χ4n) is 3.65. The molecule has 0 atom stereocenters. The van der Waals surface area contributed by atoms with Crippen molar-refractivity contribution in [2.24, 2.45) is 5.92 Å². The average Bonchev–Trinajstić information content (AvgIpc) is 2.64. The number of piperidine rings is 1. The van der Waals surface area contributed by atoms with Crippen molar-refractivity contribution in [3.05, 3.63) is 65.2 Å². The predicted molar refractivity (Wildman–Crippen MR) is 108 cm³/mol. The van der Waals surface area contributed by atoms with E-state index in [2.05, 4.69) is 61.3 Å². The molecule has 2 aromatic rings. The SMILES string of the molecule is Cc1ccc(CN2CCC(C(=O)Nc3ccccc3C(C)C)CC2)cc1. The molecule has 26 heavy (non-hydrogen) atoms. The first-order valence-corrected chi connectivity index (χ1v) is 9.70. The number of nitrogens with one attached hydrogen (secondary N) is 1. The number of carbonyl (C=O) groups is 1. The van der Waals surface area contributed by atoms with Crippen molar-refractivity contribution in [2.45, 2.75) is 46.1 Å². The monoisotopic (exact) mass is 350 g/mol. The molecule has 3 heteroatoms. The minimum absolute atomic E-state index is 0.115. The number of amides is 1. The highest BCUT2D eigenvalue weighted by Gasteiger charge is 2.25. The van der Waals surface area contributed by atoms with Crippen LogP contribution in [0.4, 0.5) is 5.69 Å². The van der Waals surface area contributed by atoms with Crippen molar-refractivity contribution in [3.63, 3.8) is 0 Å². The molecule has 138 valence electrons. The molecular weight excluding hydrogens is 320 g/mol. The molecule has 0 bridgehead atoms. The highest BCUT2D eigenvalue weighted by Crippen LogP contribution is 2.26. The second-order valence-electron chi connectivity index (χ2n) is 7.77. The van der Waals surface area contributed by atoms with E-state index in [1.165, 1.54) is 16.7 Å². The van der Waals surface area contributed by atoms with Gasteiger partial charge >= 0.3 is 0 Å². The van der Waals surface area contributed by atoms with Crippen molar-refractivity contribution in [1.82, 2.24) is 4.90 Å². The van der Waals surface area contributed by atoms with Gasteiger partial charge in [-0.1, -0.05) is 61.9 Å². The zero-order chi connectivity index (χ0) is 18.5. The number of hydrogen-bond donors (Lipinski definition) is 1. The molecule has 0 aliphatic carbocycles. The van der Waals surface area contributed by atoms with Gasteiger partial charge in [0.2, 0.25) is 5.91 Å². The van der Waals surface area contributed by atoms with Crippen molar-refractivity contribution < 1.29 is 4.79 Å². The molecule has 3 nitrogen and oxygen atoms in total. The van der Waals surface area contributed by atoms with Crippen LogP contribution in [0.5, 0.6) is 0 Å². The van der Waals surface area contributed by atoms with Crippen molar-refractivity contribution >= 4 is 11.6 Å². The van der Waals surface area contributed by atoms with Gasteiger partial charge in [0.05, 0.1) is 0 Å². The number of benzene rings is 2. The minimum Gasteiger partial charge on any atom is -0.326 e. The Hall–Kier alpha value is -2.13. The van der Waals surface area contributed by atoms with Crippen LogP contribution in [0.25, 0.3) is 0 Å². The van der Waals surface area contributed by atoms with Gasteiger partial charge in [0, 0.05) is 18.2 Å². The highest BCUT2D eigenvalue weighted by atomic mass is 16.1. The summed E-state index contributed by atoms with van der Waals surface area (Å²) in [6, 6.07) is 16.9. The predicted octanol–water partition coefficient (Wildman–Crippen LogP) is 4.97. The highest BCUT2D eigenvalue weighted by molar-refractivity contribution is 5.93. The first-order chi connectivity index (χ1) is 12.5. The summed E-state index contributed by atoms with van der Waals surface area (Å²) in [6.45, 7) is 9.38. The van der Waals surface area contributed by atoms with Gasteiger partial charge < -0.3 is 5.32 Å². The van der Waals surface area contributed by atoms with Crippen LogP contribution in [0.1, 0.15) is 49.3 Å². The summed E-state index contributed by atoms with van der Waals surface area (Å²) < 4.78 is 0. The molecule has 1 N–H and O–H groups in total. The first-order valence-electron chi connectivity index (χ1n) is 9.70. The number of anilines is 1. The topological polar surface area (TPSA) is 32.3 Å². The second-order valence-corrected chi connectivity index (χ2v) is 7.77. The van der Waals surface area contributed by atoms with Crippen LogP contribution in [-0.2, 0) is 11.3 Å². The number of rotatable bonds is 5. The first kappa shape index (κ1) is 18.7. The molecule has 1 amide bonds. The summed E-state index contributed by atoms with van der Waals surface area (Å²) in [7, 11) is 0. The van der Waals surface area contributed by atoms with E-state index >= 15 is 0 Å². The van der Waals surface area contributed by atoms with Crippen LogP contribution in [-0.4, -0.2) is 23.9 Å². The lowest BCUT2D eigenvalue weighted by molar-refractivity contribution is -0.121. The van der Waals surface area contributed by atoms with E-state index in [0.717, 1.165) is 38.2 Å². The summed E-state index contributed by atoms with van der Waals surface area (Å²) in [5.74, 6) is 0.695. The fraction of sp³-hybridized carbons (Fsp3) is 0.435. The van der Waals surface area contributed by atoms with E-state index in [4.69, 9.17) is 0 Å². The largest absolute Gasteiger partial charge is 0.326 e. The molecule has 1 fully saturated rings. The molecule has 0 radical (unpaired) electrons. The Morgan fingerprint density at radius 3 is 2.38 bits per heavy atom. The number of likely N-dealkylation sites (tertiary alicyclic amines) is 1. The molecule has 1 heterocycles. The second kappa shape index (κ2) is 8.50. The summed E-state index contributed by atoms with van der Waals surface area (Å²) in [5.41, 5.74) is 4.82. The maximum Gasteiger partial charge on any atom is 0.227 e. The lowest BCUT2D eigenvalue weighted by atomic mass is 9.94. The number of carbonyl (C=O) groups excluding carboxylic acids is 1. The van der Waals surface area contributed by atoms with Crippen LogP contribution >= 0.6 is 0 Å². The Morgan fingerprint density at radius 1 is 1.08 bits per heavy atom. The molecule has 0 spiro atoms. The molecule has 1 aliphatic rings. The van der Waals surface area contributed by atoms with Crippen molar-refractivity contribution in [3.8, 4) is 0 Å². The fourth-order valence-corrected chi connectivity index (χ4v) is 3.65. The molecule has 3 rings (SSSR count). The van der Waals surface area contributed by atoms with Gasteiger partial charge in [0.1, 0.15) is 0 Å². The molecule has 0 aromatic heterocycles. The van der Waals surface area contributed by atoms with E-state index in [1.807, 2.05) is 18.2 Å². The van der Waals surface area contributed by atoms with Gasteiger partial charge in [-0.25, -0.2) is 0 Å². The van der Waals surface area contributed by atoms with E-state index in [0.29, 0.717) is 5.92 Å². The van der Waals surface area contributed by atoms with Crippen LogP contribution in [0.3, 0.4) is 0 Å². The zero-order valence-corrected chi connectivity index (χ0v) is 16.2. The standard InChI is InChI=1S/C23H30N2O/c1-17(2)21-6-4-5-7-22(21)24-23(26)20-12-14-25(15-13-20)16-19-10-8-18(3)9-11-19/h4-11,17,20H,12-16H2,1-3H3,(H,24,26). The maximum atomic E-state index is 12.7. The Kier molecular flexibility index (Phi) is 6.10. The number of para-hydroxylation sites is 1. The third-order valence-corrected chi connectivity index (χ3v) is 5.33. The minimum atomic E-state index is 0.115. The molecule has 0 saturated carbocycles. The van der Waals surface area contributed by atoms with E-state index in [1.54, 1.807) is 0 Å². The molecular formula is C23H30N2O. The normalized spacial score (nSPS) is 16.0. The number of aryl methyl sites for hydroxylation is 1. The van der Waals surface area contributed by atoms with E-state index in [-0.39, 0.29) is 11.8 Å². The molecule has 1 saturated heterocycles. The van der Waals surface area contributed by atoms with Gasteiger partial charge in [-0.15, -0.1) is 0 Å². The molecule has 1 aliphatic heterocycles. The van der Waals surface area contributed by atoms with Gasteiger partial charge in [0.25, 0.3) is 0 Å². The van der Waals surface area contributed by atoms with Gasteiger partial charge in [-0.2, -0.15) is 0 Å². The van der Waals surface area contributed by atoms with Gasteiger partial charge in [-0.05, 0) is 56.0 Å². The number of nitrogens with zero attached hydrogens (tertiary/aromatic N) is 1. The third kappa shape index (κ3) is 4.73. The van der Waals surface area contributed by atoms with Crippen LogP contribution < -0.4 is 5.32 Å². The Balaban J connectivity index is 1.53.